The summed E-state index contributed by atoms with van der Waals surface area (Å²) < 4.78 is 40.5. The highest BCUT2D eigenvalue weighted by atomic mass is 35.5. The number of rotatable bonds is 4. The second kappa shape index (κ2) is 7.07. The minimum Gasteiger partial charge on any atom is -0.406 e. The van der Waals surface area contributed by atoms with Crippen LogP contribution in [0.15, 0.2) is 42.6 Å². The molecular weight excluding hydrogens is 387 g/mol. The molecule has 1 fully saturated rings. The lowest BCUT2D eigenvalue weighted by molar-refractivity contribution is -0.274. The molecule has 1 aromatic heterocycles. The second-order valence-electron chi connectivity index (χ2n) is 5.79. The number of alkyl halides is 3. The molecule has 1 aliphatic heterocycles. The van der Waals surface area contributed by atoms with Crippen LogP contribution in [0.1, 0.15) is 12.5 Å². The molecule has 6 nitrogen and oxygen atoms in total. The van der Waals surface area contributed by atoms with Gasteiger partial charge in [-0.25, -0.2) is 14.7 Å². The van der Waals surface area contributed by atoms with E-state index in [1.807, 2.05) is 0 Å². The number of pyridine rings is 1. The summed E-state index contributed by atoms with van der Waals surface area (Å²) in [5, 5.41) is 0.259. The first kappa shape index (κ1) is 19.0. The third kappa shape index (κ3) is 4.13. The van der Waals surface area contributed by atoms with Gasteiger partial charge in [-0.05, 0) is 48.9 Å². The summed E-state index contributed by atoms with van der Waals surface area (Å²) in [4.78, 5) is 31.3. The number of halogens is 4. The van der Waals surface area contributed by atoms with Crippen LogP contribution in [-0.4, -0.2) is 34.2 Å². The van der Waals surface area contributed by atoms with Crippen molar-refractivity contribution in [3.63, 3.8) is 0 Å². The molecule has 27 heavy (non-hydrogen) atoms. The van der Waals surface area contributed by atoms with Gasteiger partial charge in [0.25, 0.3) is 5.91 Å². The number of carbonyl (C=O) groups is 2. The van der Waals surface area contributed by atoms with Gasteiger partial charge < -0.3 is 9.64 Å². The van der Waals surface area contributed by atoms with Crippen LogP contribution in [0.4, 0.5) is 23.7 Å². The van der Waals surface area contributed by atoms with Gasteiger partial charge in [-0.15, -0.1) is 13.2 Å². The fourth-order valence-corrected chi connectivity index (χ4v) is 2.88. The highest BCUT2D eigenvalue weighted by Crippen LogP contribution is 2.30. The molecule has 142 valence electrons. The van der Waals surface area contributed by atoms with Gasteiger partial charge in [0.1, 0.15) is 16.9 Å². The minimum absolute atomic E-state index is 0.139. The van der Waals surface area contributed by atoms with Crippen LogP contribution in [-0.2, 0) is 11.3 Å². The van der Waals surface area contributed by atoms with Crippen molar-refractivity contribution in [3.05, 3.63) is 53.3 Å². The largest absolute Gasteiger partial charge is 0.573 e. The lowest BCUT2D eigenvalue weighted by Gasteiger charge is -2.19. The number of imide groups is 1. The summed E-state index contributed by atoms with van der Waals surface area (Å²) in [5.74, 6) is -0.925. The predicted molar refractivity (Wildman–Crippen MR) is 90.3 cm³/mol. The van der Waals surface area contributed by atoms with E-state index in [0.717, 1.165) is 17.0 Å². The average Bonchev–Trinajstić information content (AvgIpc) is 2.78. The van der Waals surface area contributed by atoms with Crippen molar-refractivity contribution in [2.75, 3.05) is 4.90 Å². The number of urea groups is 1. The first-order valence-electron chi connectivity index (χ1n) is 7.76. The summed E-state index contributed by atoms with van der Waals surface area (Å²) >= 11 is 5.83. The van der Waals surface area contributed by atoms with Gasteiger partial charge in [-0.3, -0.25) is 4.79 Å². The highest BCUT2D eigenvalue weighted by molar-refractivity contribution is 6.29. The number of amides is 3. The predicted octanol–water partition coefficient (Wildman–Crippen LogP) is 3.99. The summed E-state index contributed by atoms with van der Waals surface area (Å²) in [5.41, 5.74) is 0.848. The van der Waals surface area contributed by atoms with Crippen LogP contribution < -0.4 is 9.64 Å². The van der Waals surface area contributed by atoms with E-state index in [0.29, 0.717) is 5.56 Å². The van der Waals surface area contributed by atoms with Gasteiger partial charge in [0.2, 0.25) is 0 Å². The van der Waals surface area contributed by atoms with Crippen molar-refractivity contribution in [1.29, 1.82) is 0 Å². The number of anilines is 1. The van der Waals surface area contributed by atoms with Crippen molar-refractivity contribution in [3.8, 4) is 5.75 Å². The standard InChI is InChI=1S/C17H13ClF3N3O3/c1-10-15(25)24(12-2-4-13(5-3-12)27-17(19,20)21)16(26)23(10)9-11-6-7-22-14(18)8-11/h2-8,10H,9H2,1H3. The zero-order valence-corrected chi connectivity index (χ0v) is 14.7. The number of hydrogen-bond acceptors (Lipinski definition) is 4. The van der Waals surface area contributed by atoms with Crippen LogP contribution in [0.5, 0.6) is 5.75 Å². The van der Waals surface area contributed by atoms with E-state index in [9.17, 15) is 22.8 Å². The normalized spacial score (nSPS) is 17.6. The lowest BCUT2D eigenvalue weighted by atomic mass is 10.2. The smallest absolute Gasteiger partial charge is 0.406 e. The molecule has 10 heteroatoms. The van der Waals surface area contributed by atoms with Gasteiger partial charge in [0, 0.05) is 12.7 Å². The summed E-state index contributed by atoms with van der Waals surface area (Å²) in [6.07, 6.45) is -3.33. The molecule has 0 radical (unpaired) electrons. The van der Waals surface area contributed by atoms with E-state index in [1.165, 1.54) is 23.2 Å². The minimum atomic E-state index is -4.82. The molecule has 3 amide bonds. The molecule has 1 aliphatic rings. The molecule has 0 N–H and O–H groups in total. The third-order valence-electron chi connectivity index (χ3n) is 3.95. The second-order valence-corrected chi connectivity index (χ2v) is 6.18. The molecular formula is C17H13ClF3N3O3. The molecule has 1 aromatic carbocycles. The zero-order valence-electron chi connectivity index (χ0n) is 13.9. The fraction of sp³-hybridized carbons (Fsp3) is 0.235. The lowest BCUT2D eigenvalue weighted by Crippen LogP contribution is -2.33. The van der Waals surface area contributed by atoms with Gasteiger partial charge in [-0.2, -0.15) is 0 Å². The van der Waals surface area contributed by atoms with Crippen LogP contribution >= 0.6 is 11.6 Å². The van der Waals surface area contributed by atoms with Crippen molar-refractivity contribution in [1.82, 2.24) is 9.88 Å². The van der Waals surface area contributed by atoms with Crippen molar-refractivity contribution in [2.24, 2.45) is 0 Å². The van der Waals surface area contributed by atoms with Gasteiger partial charge in [-0.1, -0.05) is 11.6 Å². The Balaban J connectivity index is 1.80. The van der Waals surface area contributed by atoms with Gasteiger partial charge >= 0.3 is 12.4 Å². The van der Waals surface area contributed by atoms with Gasteiger partial charge in [0.05, 0.1) is 5.69 Å². The zero-order chi connectivity index (χ0) is 19.8. The Morgan fingerprint density at radius 3 is 2.44 bits per heavy atom. The highest BCUT2D eigenvalue weighted by Gasteiger charge is 2.43. The fourth-order valence-electron chi connectivity index (χ4n) is 2.69. The Morgan fingerprint density at radius 1 is 1.19 bits per heavy atom. The Hall–Kier alpha value is -2.81. The molecule has 0 aliphatic carbocycles. The maximum Gasteiger partial charge on any atom is 0.573 e. The van der Waals surface area contributed by atoms with E-state index in [4.69, 9.17) is 11.6 Å². The maximum atomic E-state index is 12.7. The molecule has 1 atom stereocenters. The van der Waals surface area contributed by atoms with Crippen LogP contribution in [0.25, 0.3) is 0 Å². The first-order valence-corrected chi connectivity index (χ1v) is 8.14. The van der Waals surface area contributed by atoms with Crippen molar-refractivity contribution >= 4 is 29.2 Å². The van der Waals surface area contributed by atoms with E-state index < -0.39 is 30.1 Å². The molecule has 0 bridgehead atoms. The number of nitrogens with zero attached hydrogens (tertiary/aromatic N) is 3. The number of hydrogen-bond donors (Lipinski definition) is 0. The third-order valence-corrected chi connectivity index (χ3v) is 4.16. The summed E-state index contributed by atoms with van der Waals surface area (Å²) in [6.45, 7) is 1.71. The van der Waals surface area contributed by atoms with E-state index in [-0.39, 0.29) is 17.4 Å². The van der Waals surface area contributed by atoms with E-state index >= 15 is 0 Å². The number of ether oxygens (including phenoxy) is 1. The van der Waals surface area contributed by atoms with Crippen LogP contribution in [0.3, 0.4) is 0 Å². The quantitative estimate of drug-likeness (QED) is 0.576. The van der Waals surface area contributed by atoms with Crippen molar-refractivity contribution in [2.45, 2.75) is 25.9 Å². The molecule has 1 saturated heterocycles. The Morgan fingerprint density at radius 2 is 1.85 bits per heavy atom. The molecule has 0 saturated carbocycles. The number of aromatic nitrogens is 1. The first-order chi connectivity index (χ1) is 12.7. The summed E-state index contributed by atoms with van der Waals surface area (Å²) in [7, 11) is 0. The van der Waals surface area contributed by atoms with Crippen LogP contribution in [0, 0.1) is 0 Å². The molecule has 2 aromatic rings. The molecule has 1 unspecified atom stereocenters. The number of benzene rings is 1. The van der Waals surface area contributed by atoms with E-state index in [1.54, 1.807) is 19.1 Å². The van der Waals surface area contributed by atoms with Crippen LogP contribution in [0.2, 0.25) is 5.15 Å². The van der Waals surface area contributed by atoms with Crippen molar-refractivity contribution < 1.29 is 27.5 Å². The SMILES string of the molecule is CC1C(=O)N(c2ccc(OC(F)(F)F)cc2)C(=O)N1Cc1ccnc(Cl)c1. The monoisotopic (exact) mass is 399 g/mol. The van der Waals surface area contributed by atoms with E-state index in [2.05, 4.69) is 9.72 Å². The Bertz CT molecular complexity index is 874. The maximum absolute atomic E-state index is 12.7. The number of carbonyl (C=O) groups excluding carboxylic acids is 2. The molecule has 2 heterocycles. The van der Waals surface area contributed by atoms with Gasteiger partial charge in [0.15, 0.2) is 0 Å². The topological polar surface area (TPSA) is 62.7 Å². The summed E-state index contributed by atoms with van der Waals surface area (Å²) in [6, 6.07) is 6.45. The Kier molecular flexibility index (Phi) is 4.97. The average molecular weight is 400 g/mol. The molecule has 3 rings (SSSR count). The Labute approximate surface area is 157 Å². The molecule has 0 spiro atoms.